The maximum absolute atomic E-state index is 6.23. The fourth-order valence-corrected chi connectivity index (χ4v) is 3.29. The SMILES string of the molecule is CCC1CN(C(CC)c2ccc(C)cc2)CCC1N. The van der Waals surface area contributed by atoms with Crippen molar-refractivity contribution in [3.63, 3.8) is 0 Å². The Balaban J connectivity index is 2.11. The summed E-state index contributed by atoms with van der Waals surface area (Å²) in [6, 6.07) is 9.99. The van der Waals surface area contributed by atoms with Crippen molar-refractivity contribution in [2.45, 2.75) is 52.1 Å². The third kappa shape index (κ3) is 3.37. The molecular weight excluding hydrogens is 232 g/mol. The molecule has 3 unspecified atom stereocenters. The average molecular weight is 260 g/mol. The molecule has 0 saturated carbocycles. The fourth-order valence-electron chi connectivity index (χ4n) is 3.29. The van der Waals surface area contributed by atoms with Crippen LogP contribution in [0.3, 0.4) is 0 Å². The standard InChI is InChI=1S/C17H28N2/c1-4-14-12-19(11-10-16(14)18)17(5-2)15-8-6-13(3)7-9-15/h6-9,14,16-17H,4-5,10-12,18H2,1-3H3. The molecule has 0 aromatic heterocycles. The predicted molar refractivity (Wildman–Crippen MR) is 82.2 cm³/mol. The van der Waals surface area contributed by atoms with Crippen molar-refractivity contribution in [3.05, 3.63) is 35.4 Å². The van der Waals surface area contributed by atoms with Gasteiger partial charge in [-0.15, -0.1) is 0 Å². The number of hydrogen-bond donors (Lipinski definition) is 1. The van der Waals surface area contributed by atoms with Crippen LogP contribution in [0.15, 0.2) is 24.3 Å². The van der Waals surface area contributed by atoms with Gasteiger partial charge in [0.2, 0.25) is 0 Å². The molecule has 2 nitrogen and oxygen atoms in total. The molecule has 106 valence electrons. The number of rotatable bonds is 4. The van der Waals surface area contributed by atoms with Crippen molar-refractivity contribution in [2.24, 2.45) is 11.7 Å². The second-order valence-electron chi connectivity index (χ2n) is 5.95. The van der Waals surface area contributed by atoms with Gasteiger partial charge in [0.1, 0.15) is 0 Å². The van der Waals surface area contributed by atoms with E-state index in [1.54, 1.807) is 0 Å². The van der Waals surface area contributed by atoms with Crippen LogP contribution in [0.4, 0.5) is 0 Å². The number of hydrogen-bond acceptors (Lipinski definition) is 2. The van der Waals surface area contributed by atoms with Gasteiger partial charge >= 0.3 is 0 Å². The van der Waals surface area contributed by atoms with E-state index in [4.69, 9.17) is 5.73 Å². The molecule has 1 saturated heterocycles. The maximum atomic E-state index is 6.23. The van der Waals surface area contributed by atoms with Gasteiger partial charge in [-0.1, -0.05) is 50.1 Å². The van der Waals surface area contributed by atoms with E-state index in [2.05, 4.69) is 49.9 Å². The van der Waals surface area contributed by atoms with Crippen LogP contribution in [-0.2, 0) is 0 Å². The Morgan fingerprint density at radius 2 is 1.95 bits per heavy atom. The lowest BCUT2D eigenvalue weighted by atomic mass is 9.88. The molecule has 1 aromatic rings. The first-order valence-corrected chi connectivity index (χ1v) is 7.71. The second kappa shape index (κ2) is 6.53. The number of nitrogens with two attached hydrogens (primary N) is 1. The van der Waals surface area contributed by atoms with E-state index < -0.39 is 0 Å². The largest absolute Gasteiger partial charge is 0.327 e. The molecule has 2 N–H and O–H groups in total. The van der Waals surface area contributed by atoms with Gasteiger partial charge < -0.3 is 5.73 Å². The number of benzene rings is 1. The summed E-state index contributed by atoms with van der Waals surface area (Å²) in [4.78, 5) is 2.64. The van der Waals surface area contributed by atoms with Crippen molar-refractivity contribution in [1.29, 1.82) is 0 Å². The smallest absolute Gasteiger partial charge is 0.0345 e. The van der Waals surface area contributed by atoms with Gasteiger partial charge in [-0.3, -0.25) is 4.90 Å². The number of piperidine rings is 1. The first-order valence-electron chi connectivity index (χ1n) is 7.71. The Morgan fingerprint density at radius 3 is 2.53 bits per heavy atom. The Bertz CT molecular complexity index is 385. The van der Waals surface area contributed by atoms with E-state index in [0.29, 0.717) is 18.0 Å². The molecule has 0 radical (unpaired) electrons. The van der Waals surface area contributed by atoms with Crippen molar-refractivity contribution in [3.8, 4) is 0 Å². The van der Waals surface area contributed by atoms with Crippen molar-refractivity contribution in [1.82, 2.24) is 4.90 Å². The first kappa shape index (κ1) is 14.5. The van der Waals surface area contributed by atoms with Crippen LogP contribution in [0.5, 0.6) is 0 Å². The molecule has 0 amide bonds. The lowest BCUT2D eigenvalue weighted by Crippen LogP contribution is -2.47. The summed E-state index contributed by atoms with van der Waals surface area (Å²) in [5.74, 6) is 0.660. The molecule has 19 heavy (non-hydrogen) atoms. The minimum atomic E-state index is 0.400. The van der Waals surface area contributed by atoms with Gasteiger partial charge in [0, 0.05) is 25.2 Å². The van der Waals surface area contributed by atoms with E-state index in [1.807, 2.05) is 0 Å². The molecule has 1 heterocycles. The Hall–Kier alpha value is -0.860. The summed E-state index contributed by atoms with van der Waals surface area (Å²) in [6.07, 6.45) is 3.51. The minimum Gasteiger partial charge on any atom is -0.327 e. The van der Waals surface area contributed by atoms with Crippen LogP contribution < -0.4 is 5.73 Å². The summed E-state index contributed by atoms with van der Waals surface area (Å²) in [6.45, 7) is 9.01. The molecule has 1 aliphatic heterocycles. The molecule has 2 heteroatoms. The maximum Gasteiger partial charge on any atom is 0.0345 e. The van der Waals surface area contributed by atoms with E-state index in [9.17, 15) is 0 Å². The number of likely N-dealkylation sites (tertiary alicyclic amines) is 1. The quantitative estimate of drug-likeness (QED) is 0.897. The molecule has 1 aromatic carbocycles. The van der Waals surface area contributed by atoms with Crippen molar-refractivity contribution >= 4 is 0 Å². The molecule has 0 bridgehead atoms. The van der Waals surface area contributed by atoms with Crippen LogP contribution in [0.25, 0.3) is 0 Å². The van der Waals surface area contributed by atoms with Crippen LogP contribution in [0, 0.1) is 12.8 Å². The summed E-state index contributed by atoms with van der Waals surface area (Å²) < 4.78 is 0. The van der Waals surface area contributed by atoms with E-state index in [0.717, 1.165) is 19.5 Å². The summed E-state index contributed by atoms with van der Waals surface area (Å²) in [5, 5.41) is 0. The molecule has 3 atom stereocenters. The molecule has 0 spiro atoms. The molecule has 0 aliphatic carbocycles. The molecule has 2 rings (SSSR count). The number of aryl methyl sites for hydroxylation is 1. The fraction of sp³-hybridized carbons (Fsp3) is 0.647. The predicted octanol–water partition coefficient (Wildman–Crippen LogP) is 3.51. The van der Waals surface area contributed by atoms with Gasteiger partial charge in [0.05, 0.1) is 0 Å². The van der Waals surface area contributed by atoms with Crippen LogP contribution in [0.2, 0.25) is 0 Å². The third-order valence-electron chi connectivity index (χ3n) is 4.64. The number of nitrogens with zero attached hydrogens (tertiary/aromatic N) is 1. The Labute approximate surface area is 118 Å². The van der Waals surface area contributed by atoms with E-state index >= 15 is 0 Å². The first-order chi connectivity index (χ1) is 9.15. The van der Waals surface area contributed by atoms with Crippen LogP contribution in [0.1, 0.15) is 50.3 Å². The zero-order valence-corrected chi connectivity index (χ0v) is 12.6. The van der Waals surface area contributed by atoms with Gasteiger partial charge in [-0.2, -0.15) is 0 Å². The lowest BCUT2D eigenvalue weighted by molar-refractivity contribution is 0.104. The lowest BCUT2D eigenvalue weighted by Gasteiger charge is -2.41. The van der Waals surface area contributed by atoms with E-state index in [1.165, 1.54) is 24.0 Å². The minimum absolute atomic E-state index is 0.400. The van der Waals surface area contributed by atoms with Gasteiger partial charge in [-0.25, -0.2) is 0 Å². The summed E-state index contributed by atoms with van der Waals surface area (Å²) in [5.41, 5.74) is 9.02. The highest BCUT2D eigenvalue weighted by Gasteiger charge is 2.29. The van der Waals surface area contributed by atoms with Gasteiger partial charge in [-0.05, 0) is 31.2 Å². The second-order valence-corrected chi connectivity index (χ2v) is 5.95. The Kier molecular flexibility index (Phi) is 5.00. The zero-order chi connectivity index (χ0) is 13.8. The normalized spacial score (nSPS) is 26.3. The summed E-state index contributed by atoms with van der Waals surface area (Å²) in [7, 11) is 0. The summed E-state index contributed by atoms with van der Waals surface area (Å²) >= 11 is 0. The van der Waals surface area contributed by atoms with Crippen LogP contribution >= 0.6 is 0 Å². The molecule has 1 aliphatic rings. The third-order valence-corrected chi connectivity index (χ3v) is 4.64. The monoisotopic (exact) mass is 260 g/mol. The van der Waals surface area contributed by atoms with Gasteiger partial charge in [0.15, 0.2) is 0 Å². The van der Waals surface area contributed by atoms with Crippen LogP contribution in [-0.4, -0.2) is 24.0 Å². The molecule has 1 fully saturated rings. The highest BCUT2D eigenvalue weighted by molar-refractivity contribution is 5.24. The Morgan fingerprint density at radius 1 is 1.26 bits per heavy atom. The highest BCUT2D eigenvalue weighted by atomic mass is 15.2. The zero-order valence-electron chi connectivity index (χ0n) is 12.6. The molecular formula is C17H28N2. The van der Waals surface area contributed by atoms with E-state index in [-0.39, 0.29) is 0 Å². The van der Waals surface area contributed by atoms with Crippen molar-refractivity contribution < 1.29 is 0 Å². The van der Waals surface area contributed by atoms with Crippen molar-refractivity contribution in [2.75, 3.05) is 13.1 Å². The average Bonchev–Trinajstić information content (AvgIpc) is 2.43. The van der Waals surface area contributed by atoms with Gasteiger partial charge in [0.25, 0.3) is 0 Å². The highest BCUT2D eigenvalue weighted by Crippen LogP contribution is 2.30. The topological polar surface area (TPSA) is 29.3 Å².